The molecular weight excluding hydrogens is 210 g/mol. The fraction of sp³-hybridized carbons (Fsp3) is 0.200. The minimum Gasteiger partial charge on any atom is -0.292 e. The van der Waals surface area contributed by atoms with Gasteiger partial charge in [-0.2, -0.15) is 0 Å². The second kappa shape index (κ2) is 4.91. The zero-order valence-electron chi connectivity index (χ0n) is 10.1. The van der Waals surface area contributed by atoms with Crippen molar-refractivity contribution < 1.29 is 4.79 Å². The van der Waals surface area contributed by atoms with Crippen LogP contribution in [0.5, 0.6) is 0 Å². The van der Waals surface area contributed by atoms with Gasteiger partial charge in [-0.1, -0.05) is 29.8 Å². The Labute approximate surface area is 101 Å². The summed E-state index contributed by atoms with van der Waals surface area (Å²) in [4.78, 5) is 16.1. The summed E-state index contributed by atoms with van der Waals surface area (Å²) in [5.74, 6) is 0.0688. The molecule has 0 aliphatic carbocycles. The van der Waals surface area contributed by atoms with Crippen LogP contribution < -0.4 is 0 Å². The molecule has 0 aliphatic rings. The molecule has 0 unspecified atom stereocenters. The Morgan fingerprint density at radius 1 is 1.18 bits per heavy atom. The lowest BCUT2D eigenvalue weighted by Crippen LogP contribution is -2.06. The maximum Gasteiger partial charge on any atom is 0.185 e. The van der Waals surface area contributed by atoms with Crippen molar-refractivity contribution in [2.45, 2.75) is 20.3 Å². The van der Waals surface area contributed by atoms with Crippen molar-refractivity contribution >= 4 is 5.78 Å². The molecule has 0 fully saturated rings. The largest absolute Gasteiger partial charge is 0.292 e. The molecule has 0 radical (unpaired) electrons. The van der Waals surface area contributed by atoms with Gasteiger partial charge in [0.25, 0.3) is 0 Å². The number of hydrogen-bond donors (Lipinski definition) is 0. The number of nitrogens with zero attached hydrogens (tertiary/aromatic N) is 1. The molecule has 0 atom stereocenters. The molecular formula is C15H15NO. The maximum absolute atomic E-state index is 12.0. The van der Waals surface area contributed by atoms with E-state index in [1.54, 1.807) is 12.3 Å². The number of carbonyl (C=O) groups excluding carboxylic acids is 1. The number of carbonyl (C=O) groups is 1. The molecule has 0 saturated carbocycles. The minimum atomic E-state index is 0.0688. The number of hydrogen-bond acceptors (Lipinski definition) is 2. The zero-order chi connectivity index (χ0) is 12.3. The lowest BCUT2D eigenvalue weighted by molar-refractivity contribution is 0.0988. The summed E-state index contributed by atoms with van der Waals surface area (Å²) in [5.41, 5.74) is 3.95. The Balaban J connectivity index is 2.22. The third-order valence-electron chi connectivity index (χ3n) is 2.81. The van der Waals surface area contributed by atoms with Crippen LogP contribution in [-0.2, 0) is 6.42 Å². The predicted octanol–water partition coefficient (Wildman–Crippen LogP) is 3.12. The predicted molar refractivity (Wildman–Crippen MR) is 68.2 cm³/mol. The van der Waals surface area contributed by atoms with Crippen molar-refractivity contribution in [1.29, 1.82) is 0 Å². The molecule has 1 heterocycles. The van der Waals surface area contributed by atoms with Gasteiger partial charge in [0.1, 0.15) is 5.69 Å². The lowest BCUT2D eigenvalue weighted by Gasteiger charge is -2.06. The Morgan fingerprint density at radius 3 is 2.71 bits per heavy atom. The van der Waals surface area contributed by atoms with Gasteiger partial charge in [-0.25, -0.2) is 0 Å². The van der Waals surface area contributed by atoms with Gasteiger partial charge in [-0.3, -0.25) is 9.78 Å². The Kier molecular flexibility index (Phi) is 3.33. The molecule has 0 amide bonds. The Hall–Kier alpha value is -1.96. The summed E-state index contributed by atoms with van der Waals surface area (Å²) in [6.07, 6.45) is 2.07. The number of ketones is 1. The van der Waals surface area contributed by atoms with E-state index in [-0.39, 0.29) is 5.78 Å². The van der Waals surface area contributed by atoms with Gasteiger partial charge < -0.3 is 0 Å². The summed E-state index contributed by atoms with van der Waals surface area (Å²) >= 11 is 0. The number of Topliss-reactive ketones (excluding diaryl/α,β-unsaturated/α-hetero) is 1. The van der Waals surface area contributed by atoms with Crippen molar-refractivity contribution in [2.24, 2.45) is 0 Å². The first kappa shape index (κ1) is 11.5. The number of pyridine rings is 1. The van der Waals surface area contributed by atoms with Crippen LogP contribution in [0, 0.1) is 13.8 Å². The Morgan fingerprint density at radius 2 is 2.00 bits per heavy atom. The quantitative estimate of drug-likeness (QED) is 0.751. The standard InChI is InChI=1S/C15H15NO/c1-11-6-7-12(2)13(9-11)10-15(17)14-5-3-4-8-16-14/h3-9H,10H2,1-2H3. The molecule has 2 aromatic rings. The third kappa shape index (κ3) is 2.78. The normalized spacial score (nSPS) is 10.2. The van der Waals surface area contributed by atoms with Gasteiger partial charge in [0.15, 0.2) is 5.78 Å². The second-order valence-electron chi connectivity index (χ2n) is 4.24. The van der Waals surface area contributed by atoms with Gasteiger partial charge in [-0.05, 0) is 37.1 Å². The molecule has 0 saturated heterocycles. The number of aromatic nitrogens is 1. The average Bonchev–Trinajstić information content (AvgIpc) is 2.35. The van der Waals surface area contributed by atoms with Crippen LogP contribution in [0.2, 0.25) is 0 Å². The lowest BCUT2D eigenvalue weighted by atomic mass is 10.00. The van der Waals surface area contributed by atoms with Crippen molar-refractivity contribution in [3.63, 3.8) is 0 Å². The topological polar surface area (TPSA) is 30.0 Å². The number of benzene rings is 1. The van der Waals surface area contributed by atoms with Gasteiger partial charge in [0.05, 0.1) is 0 Å². The molecule has 86 valence electrons. The highest BCUT2D eigenvalue weighted by Crippen LogP contribution is 2.13. The molecule has 0 spiro atoms. The minimum absolute atomic E-state index is 0.0688. The van der Waals surface area contributed by atoms with Crippen LogP contribution in [0.15, 0.2) is 42.6 Å². The van der Waals surface area contributed by atoms with E-state index in [4.69, 9.17) is 0 Å². The summed E-state index contributed by atoms with van der Waals surface area (Å²) in [7, 11) is 0. The molecule has 1 aromatic carbocycles. The van der Waals surface area contributed by atoms with Crippen molar-refractivity contribution in [3.8, 4) is 0 Å². The summed E-state index contributed by atoms with van der Waals surface area (Å²) in [6, 6.07) is 11.6. The summed E-state index contributed by atoms with van der Waals surface area (Å²) in [6.45, 7) is 4.06. The molecule has 1 aromatic heterocycles. The number of aryl methyl sites for hydroxylation is 2. The monoisotopic (exact) mass is 225 g/mol. The first-order chi connectivity index (χ1) is 8.16. The third-order valence-corrected chi connectivity index (χ3v) is 2.81. The number of rotatable bonds is 3. The van der Waals surface area contributed by atoms with Gasteiger partial charge in [0, 0.05) is 12.6 Å². The van der Waals surface area contributed by atoms with Gasteiger partial charge in [-0.15, -0.1) is 0 Å². The van der Waals surface area contributed by atoms with Crippen molar-refractivity contribution in [3.05, 3.63) is 65.0 Å². The van der Waals surface area contributed by atoms with E-state index in [0.717, 1.165) is 11.1 Å². The highest BCUT2D eigenvalue weighted by atomic mass is 16.1. The van der Waals surface area contributed by atoms with Crippen LogP contribution >= 0.6 is 0 Å². The Bertz CT molecular complexity index is 532. The highest BCUT2D eigenvalue weighted by Gasteiger charge is 2.09. The van der Waals surface area contributed by atoms with Crippen LogP contribution in [0.4, 0.5) is 0 Å². The maximum atomic E-state index is 12.0. The zero-order valence-corrected chi connectivity index (χ0v) is 10.1. The van der Waals surface area contributed by atoms with Gasteiger partial charge >= 0.3 is 0 Å². The fourth-order valence-electron chi connectivity index (χ4n) is 1.78. The van der Waals surface area contributed by atoms with Crippen molar-refractivity contribution in [2.75, 3.05) is 0 Å². The smallest absolute Gasteiger partial charge is 0.185 e. The van der Waals surface area contributed by atoms with Crippen molar-refractivity contribution in [1.82, 2.24) is 4.98 Å². The van der Waals surface area contributed by atoms with E-state index in [1.165, 1.54) is 5.56 Å². The second-order valence-corrected chi connectivity index (χ2v) is 4.24. The van der Waals surface area contributed by atoms with E-state index in [0.29, 0.717) is 12.1 Å². The van der Waals surface area contributed by atoms with Gasteiger partial charge in [0.2, 0.25) is 0 Å². The molecule has 2 heteroatoms. The van der Waals surface area contributed by atoms with E-state index in [1.807, 2.05) is 26.0 Å². The van der Waals surface area contributed by atoms with Crippen LogP contribution in [-0.4, -0.2) is 10.8 Å². The molecule has 2 rings (SSSR count). The van der Waals surface area contributed by atoms with E-state index < -0.39 is 0 Å². The molecule has 0 N–H and O–H groups in total. The van der Waals surface area contributed by atoms with E-state index >= 15 is 0 Å². The highest BCUT2D eigenvalue weighted by molar-refractivity contribution is 5.95. The van der Waals surface area contributed by atoms with Crippen LogP contribution in [0.25, 0.3) is 0 Å². The summed E-state index contributed by atoms with van der Waals surface area (Å²) < 4.78 is 0. The van der Waals surface area contributed by atoms with Crippen LogP contribution in [0.1, 0.15) is 27.2 Å². The van der Waals surface area contributed by atoms with E-state index in [9.17, 15) is 4.79 Å². The fourth-order valence-corrected chi connectivity index (χ4v) is 1.78. The molecule has 2 nitrogen and oxygen atoms in total. The van der Waals surface area contributed by atoms with Crippen LogP contribution in [0.3, 0.4) is 0 Å². The summed E-state index contributed by atoms with van der Waals surface area (Å²) in [5, 5.41) is 0. The first-order valence-electron chi connectivity index (χ1n) is 5.67. The SMILES string of the molecule is Cc1ccc(C)c(CC(=O)c2ccccn2)c1. The molecule has 17 heavy (non-hydrogen) atoms. The molecule has 0 bridgehead atoms. The van der Waals surface area contributed by atoms with E-state index in [2.05, 4.69) is 23.2 Å². The first-order valence-corrected chi connectivity index (χ1v) is 5.67. The molecule has 0 aliphatic heterocycles. The average molecular weight is 225 g/mol.